The molecule has 1 N–H and O–H groups in total. The molecule has 0 unspecified atom stereocenters. The van der Waals surface area contributed by atoms with Gasteiger partial charge in [0.1, 0.15) is 11.1 Å². The van der Waals surface area contributed by atoms with Crippen molar-refractivity contribution < 1.29 is 4.79 Å². The van der Waals surface area contributed by atoms with Crippen LogP contribution in [-0.4, -0.2) is 16.1 Å². The Morgan fingerprint density at radius 2 is 2.00 bits per heavy atom. The summed E-state index contributed by atoms with van der Waals surface area (Å²) in [6.07, 6.45) is 0.665. The van der Waals surface area contributed by atoms with Crippen LogP contribution >= 0.6 is 11.8 Å². The van der Waals surface area contributed by atoms with E-state index < -0.39 is 0 Å². The molecule has 2 atom stereocenters. The summed E-state index contributed by atoms with van der Waals surface area (Å²) in [6, 6.07) is 15.5. The Kier molecular flexibility index (Phi) is 6.39. The fraction of sp³-hybridized carbons (Fsp3) is 0.316. The minimum Gasteiger partial charge on any atom is -0.349 e. The van der Waals surface area contributed by atoms with Crippen LogP contribution in [0.2, 0.25) is 0 Å². The highest BCUT2D eigenvalue weighted by molar-refractivity contribution is 8.00. The van der Waals surface area contributed by atoms with Gasteiger partial charge in [0.2, 0.25) is 5.91 Å². The van der Waals surface area contributed by atoms with Crippen molar-refractivity contribution in [2.24, 2.45) is 0 Å². The second-order valence-electron chi connectivity index (χ2n) is 5.57. The molecule has 24 heavy (non-hydrogen) atoms. The predicted molar refractivity (Wildman–Crippen MR) is 96.6 cm³/mol. The number of carbonyl (C=O) groups is 1. The molecule has 1 heterocycles. The Hall–Kier alpha value is -2.32. The van der Waals surface area contributed by atoms with Crippen LogP contribution < -0.4 is 5.32 Å². The van der Waals surface area contributed by atoms with Gasteiger partial charge < -0.3 is 5.32 Å². The van der Waals surface area contributed by atoms with E-state index >= 15 is 0 Å². The number of nitrogens with one attached hydrogen (secondary N) is 1. The standard InChI is InChI=1S/C19H21N3OS/c1-4-17(24-19-16(12-20)11-10-13(2)21-19)18(23)22-14(3)15-8-6-5-7-9-15/h5-11,14,17H,4H2,1-3H3,(H,22,23)/t14-,17-/m0/s1. The van der Waals surface area contributed by atoms with Crippen LogP contribution in [-0.2, 0) is 4.79 Å². The van der Waals surface area contributed by atoms with Crippen molar-refractivity contribution in [1.82, 2.24) is 10.3 Å². The second kappa shape index (κ2) is 8.51. The maximum Gasteiger partial charge on any atom is 0.234 e. The van der Waals surface area contributed by atoms with Gasteiger partial charge in [0.15, 0.2) is 0 Å². The molecule has 0 saturated carbocycles. The fourth-order valence-corrected chi connectivity index (χ4v) is 3.34. The van der Waals surface area contributed by atoms with E-state index in [1.807, 2.05) is 51.1 Å². The lowest BCUT2D eigenvalue weighted by molar-refractivity contribution is -0.121. The van der Waals surface area contributed by atoms with E-state index in [1.54, 1.807) is 12.1 Å². The topological polar surface area (TPSA) is 65.8 Å². The van der Waals surface area contributed by atoms with Gasteiger partial charge in [-0.1, -0.05) is 49.0 Å². The molecule has 4 nitrogen and oxygen atoms in total. The van der Waals surface area contributed by atoms with Crippen LogP contribution in [0, 0.1) is 18.3 Å². The number of amides is 1. The van der Waals surface area contributed by atoms with E-state index in [2.05, 4.69) is 16.4 Å². The number of nitrogens with zero attached hydrogens (tertiary/aromatic N) is 2. The van der Waals surface area contributed by atoms with Gasteiger partial charge in [0.25, 0.3) is 0 Å². The molecule has 0 saturated heterocycles. The molecule has 124 valence electrons. The highest BCUT2D eigenvalue weighted by Crippen LogP contribution is 2.27. The Morgan fingerprint density at radius 1 is 1.29 bits per heavy atom. The van der Waals surface area contributed by atoms with Crippen LogP contribution in [0.15, 0.2) is 47.5 Å². The van der Waals surface area contributed by atoms with Crippen LogP contribution in [0.4, 0.5) is 0 Å². The third kappa shape index (κ3) is 4.59. The number of pyridine rings is 1. The molecule has 2 aromatic rings. The Labute approximate surface area is 147 Å². The summed E-state index contributed by atoms with van der Waals surface area (Å²) in [5.41, 5.74) is 2.41. The average Bonchev–Trinajstić information content (AvgIpc) is 2.60. The van der Waals surface area contributed by atoms with Gasteiger partial charge in [0, 0.05) is 5.69 Å². The lowest BCUT2D eigenvalue weighted by Crippen LogP contribution is -2.34. The molecule has 0 radical (unpaired) electrons. The lowest BCUT2D eigenvalue weighted by Gasteiger charge is -2.19. The summed E-state index contributed by atoms with van der Waals surface area (Å²) < 4.78 is 0. The van der Waals surface area contributed by atoms with Crippen LogP contribution in [0.1, 0.15) is 43.1 Å². The first-order valence-corrected chi connectivity index (χ1v) is 8.82. The SMILES string of the molecule is CC[C@H](Sc1nc(C)ccc1C#N)C(=O)N[C@@H](C)c1ccccc1. The molecule has 1 amide bonds. The average molecular weight is 339 g/mol. The smallest absolute Gasteiger partial charge is 0.234 e. The number of hydrogen-bond donors (Lipinski definition) is 1. The molecule has 2 rings (SSSR count). The number of nitriles is 1. The summed E-state index contributed by atoms with van der Waals surface area (Å²) in [6.45, 7) is 5.81. The van der Waals surface area contributed by atoms with Gasteiger partial charge in [-0.3, -0.25) is 4.79 Å². The number of carbonyl (C=O) groups excluding carboxylic acids is 1. The number of benzene rings is 1. The van der Waals surface area contributed by atoms with Crippen molar-refractivity contribution in [2.45, 2.75) is 43.5 Å². The predicted octanol–water partition coefficient (Wildman–Crippen LogP) is 4.01. The van der Waals surface area contributed by atoms with Gasteiger partial charge in [-0.05, 0) is 38.0 Å². The van der Waals surface area contributed by atoms with Crippen LogP contribution in [0.5, 0.6) is 0 Å². The van der Waals surface area contributed by atoms with E-state index in [-0.39, 0.29) is 17.2 Å². The molecule has 0 fully saturated rings. The normalized spacial score (nSPS) is 12.9. The summed E-state index contributed by atoms with van der Waals surface area (Å²) in [5.74, 6) is -0.0361. The van der Waals surface area contributed by atoms with Crippen molar-refractivity contribution in [3.63, 3.8) is 0 Å². The maximum absolute atomic E-state index is 12.6. The zero-order valence-corrected chi connectivity index (χ0v) is 14.9. The molecule has 0 spiro atoms. The summed E-state index contributed by atoms with van der Waals surface area (Å²) in [7, 11) is 0. The highest BCUT2D eigenvalue weighted by atomic mass is 32.2. The Morgan fingerprint density at radius 3 is 2.62 bits per heavy atom. The number of rotatable bonds is 6. The van der Waals surface area contributed by atoms with Crippen molar-refractivity contribution in [2.75, 3.05) is 0 Å². The van der Waals surface area contributed by atoms with Crippen molar-refractivity contribution >= 4 is 17.7 Å². The van der Waals surface area contributed by atoms with Crippen molar-refractivity contribution in [1.29, 1.82) is 5.26 Å². The second-order valence-corrected chi connectivity index (χ2v) is 6.76. The number of hydrogen-bond acceptors (Lipinski definition) is 4. The molecule has 1 aromatic heterocycles. The van der Waals surface area contributed by atoms with E-state index in [0.717, 1.165) is 11.3 Å². The molecule has 5 heteroatoms. The van der Waals surface area contributed by atoms with Gasteiger partial charge >= 0.3 is 0 Å². The number of aromatic nitrogens is 1. The van der Waals surface area contributed by atoms with E-state index in [9.17, 15) is 10.1 Å². The Balaban J connectivity index is 2.10. The van der Waals surface area contributed by atoms with E-state index in [0.29, 0.717) is 17.0 Å². The zero-order chi connectivity index (χ0) is 17.5. The van der Waals surface area contributed by atoms with E-state index in [4.69, 9.17) is 0 Å². The first kappa shape index (κ1) is 18.0. The minimum atomic E-state index is -0.280. The monoisotopic (exact) mass is 339 g/mol. The largest absolute Gasteiger partial charge is 0.349 e. The van der Waals surface area contributed by atoms with Crippen molar-refractivity contribution in [3.05, 3.63) is 59.3 Å². The summed E-state index contributed by atoms with van der Waals surface area (Å²) >= 11 is 1.35. The molecular formula is C19H21N3OS. The third-order valence-electron chi connectivity index (χ3n) is 3.70. The molecule has 0 aliphatic carbocycles. The number of thioether (sulfide) groups is 1. The molecule has 0 aliphatic rings. The molecule has 0 aliphatic heterocycles. The first-order chi connectivity index (χ1) is 11.5. The molecule has 0 bridgehead atoms. The quantitative estimate of drug-likeness (QED) is 0.808. The van der Waals surface area contributed by atoms with Crippen LogP contribution in [0.3, 0.4) is 0 Å². The summed E-state index contributed by atoms with van der Waals surface area (Å²) in [4.78, 5) is 17.0. The van der Waals surface area contributed by atoms with Gasteiger partial charge in [0.05, 0.1) is 16.9 Å². The third-order valence-corrected chi connectivity index (χ3v) is 5.06. The minimum absolute atomic E-state index is 0.0361. The first-order valence-electron chi connectivity index (χ1n) is 7.94. The molecule has 1 aromatic carbocycles. The zero-order valence-electron chi connectivity index (χ0n) is 14.1. The molecular weight excluding hydrogens is 318 g/mol. The van der Waals surface area contributed by atoms with Crippen LogP contribution in [0.25, 0.3) is 0 Å². The Bertz CT molecular complexity index is 740. The van der Waals surface area contributed by atoms with Gasteiger partial charge in [-0.15, -0.1) is 0 Å². The summed E-state index contributed by atoms with van der Waals surface area (Å²) in [5, 5.41) is 12.6. The van der Waals surface area contributed by atoms with Crippen molar-refractivity contribution in [3.8, 4) is 6.07 Å². The fourth-order valence-electron chi connectivity index (χ4n) is 2.30. The maximum atomic E-state index is 12.6. The highest BCUT2D eigenvalue weighted by Gasteiger charge is 2.22. The van der Waals surface area contributed by atoms with Gasteiger partial charge in [-0.25, -0.2) is 4.98 Å². The van der Waals surface area contributed by atoms with E-state index in [1.165, 1.54) is 11.8 Å². The number of aryl methyl sites for hydroxylation is 1. The van der Waals surface area contributed by atoms with Gasteiger partial charge in [-0.2, -0.15) is 5.26 Å². The lowest BCUT2D eigenvalue weighted by atomic mass is 10.1.